The second-order valence-electron chi connectivity index (χ2n) is 3.30. The largest absolute Gasteiger partial charge is 0.472 e. The molecule has 0 radical (unpaired) electrons. The quantitative estimate of drug-likeness (QED) is 0.650. The summed E-state index contributed by atoms with van der Waals surface area (Å²) in [4.78, 5) is 2.06. The first kappa shape index (κ1) is 8.17. The predicted molar refractivity (Wildman–Crippen MR) is 51.9 cm³/mol. The van der Waals surface area contributed by atoms with E-state index in [1.807, 2.05) is 25.4 Å². The predicted octanol–water partition coefficient (Wildman–Crippen LogP) is 2.43. The standard InChI is InChI=1S/C11H13NO/c1-9-5-3-4-6-10(9)11-12(2)7-8-13-11/h3-8,11H,1-2H3. The number of benzene rings is 1. The molecular weight excluding hydrogens is 162 g/mol. The molecule has 0 aliphatic carbocycles. The first-order chi connectivity index (χ1) is 6.29. The fraction of sp³-hybridized carbons (Fsp3) is 0.273. The molecule has 1 aromatic carbocycles. The van der Waals surface area contributed by atoms with E-state index in [0.717, 1.165) is 0 Å². The maximum Gasteiger partial charge on any atom is 0.197 e. The smallest absolute Gasteiger partial charge is 0.197 e. The topological polar surface area (TPSA) is 12.5 Å². The van der Waals surface area contributed by atoms with Crippen LogP contribution >= 0.6 is 0 Å². The lowest BCUT2D eigenvalue weighted by Gasteiger charge is -2.21. The van der Waals surface area contributed by atoms with Crippen LogP contribution in [0.1, 0.15) is 17.4 Å². The third-order valence-electron chi connectivity index (χ3n) is 2.33. The molecule has 0 saturated heterocycles. The molecule has 0 fully saturated rings. The second kappa shape index (κ2) is 3.13. The first-order valence-electron chi connectivity index (χ1n) is 4.38. The van der Waals surface area contributed by atoms with Crippen molar-refractivity contribution >= 4 is 0 Å². The van der Waals surface area contributed by atoms with E-state index in [4.69, 9.17) is 4.74 Å². The monoisotopic (exact) mass is 175 g/mol. The fourth-order valence-electron chi connectivity index (χ4n) is 1.54. The zero-order chi connectivity index (χ0) is 9.26. The van der Waals surface area contributed by atoms with Crippen LogP contribution in [0.5, 0.6) is 0 Å². The molecule has 1 unspecified atom stereocenters. The average Bonchev–Trinajstić information content (AvgIpc) is 2.52. The molecule has 0 saturated carbocycles. The van der Waals surface area contributed by atoms with E-state index in [9.17, 15) is 0 Å². The summed E-state index contributed by atoms with van der Waals surface area (Å²) in [6, 6.07) is 8.29. The van der Waals surface area contributed by atoms with Crippen LogP contribution < -0.4 is 0 Å². The van der Waals surface area contributed by atoms with Crippen LogP contribution in [0, 0.1) is 6.92 Å². The number of ether oxygens (including phenoxy) is 1. The summed E-state index contributed by atoms with van der Waals surface area (Å²) in [5.41, 5.74) is 2.50. The van der Waals surface area contributed by atoms with Gasteiger partial charge in [0.2, 0.25) is 0 Å². The van der Waals surface area contributed by atoms with Gasteiger partial charge < -0.3 is 9.64 Å². The zero-order valence-corrected chi connectivity index (χ0v) is 7.90. The molecule has 1 aromatic rings. The van der Waals surface area contributed by atoms with E-state index >= 15 is 0 Å². The van der Waals surface area contributed by atoms with Gasteiger partial charge in [-0.3, -0.25) is 0 Å². The van der Waals surface area contributed by atoms with Crippen molar-refractivity contribution in [3.05, 3.63) is 47.9 Å². The lowest BCUT2D eigenvalue weighted by atomic mass is 10.1. The van der Waals surface area contributed by atoms with Crippen LogP contribution in [0.15, 0.2) is 36.7 Å². The summed E-state index contributed by atoms with van der Waals surface area (Å²) in [6.45, 7) is 2.10. The Kier molecular flexibility index (Phi) is 1.97. The molecule has 13 heavy (non-hydrogen) atoms. The third-order valence-corrected chi connectivity index (χ3v) is 2.33. The lowest BCUT2D eigenvalue weighted by molar-refractivity contribution is 0.0724. The van der Waals surface area contributed by atoms with Gasteiger partial charge in [0.15, 0.2) is 6.23 Å². The average molecular weight is 175 g/mol. The van der Waals surface area contributed by atoms with Gasteiger partial charge in [0.05, 0.1) is 0 Å². The minimum Gasteiger partial charge on any atom is -0.472 e. The number of hydrogen-bond acceptors (Lipinski definition) is 2. The van der Waals surface area contributed by atoms with Crippen molar-refractivity contribution in [3.63, 3.8) is 0 Å². The normalized spacial score (nSPS) is 20.5. The summed E-state index contributed by atoms with van der Waals surface area (Å²) in [5.74, 6) is 0. The first-order valence-corrected chi connectivity index (χ1v) is 4.38. The SMILES string of the molecule is Cc1ccccc1C1OC=CN1C. The van der Waals surface area contributed by atoms with E-state index in [-0.39, 0.29) is 6.23 Å². The Morgan fingerprint density at radius 1 is 1.31 bits per heavy atom. The maximum absolute atomic E-state index is 5.48. The molecule has 1 atom stereocenters. The Hall–Kier alpha value is -1.44. The minimum absolute atomic E-state index is 0.0567. The summed E-state index contributed by atoms with van der Waals surface area (Å²) >= 11 is 0. The van der Waals surface area contributed by atoms with Gasteiger partial charge in [0, 0.05) is 18.8 Å². The highest BCUT2D eigenvalue weighted by molar-refractivity contribution is 5.28. The molecule has 68 valence electrons. The van der Waals surface area contributed by atoms with Crippen LogP contribution in [0.3, 0.4) is 0 Å². The summed E-state index contributed by atoms with van der Waals surface area (Å²) in [7, 11) is 2.01. The molecule has 0 aromatic heterocycles. The van der Waals surface area contributed by atoms with E-state index in [1.54, 1.807) is 6.26 Å². The molecule has 1 aliphatic rings. The van der Waals surface area contributed by atoms with Crippen LogP contribution in [0.4, 0.5) is 0 Å². The van der Waals surface area contributed by atoms with E-state index < -0.39 is 0 Å². The summed E-state index contributed by atoms with van der Waals surface area (Å²) < 4.78 is 5.48. The Morgan fingerprint density at radius 3 is 2.69 bits per heavy atom. The highest BCUT2D eigenvalue weighted by Crippen LogP contribution is 2.27. The lowest BCUT2D eigenvalue weighted by Crippen LogP contribution is -2.16. The van der Waals surface area contributed by atoms with Gasteiger partial charge in [-0.15, -0.1) is 0 Å². The molecule has 0 bridgehead atoms. The molecule has 1 aliphatic heterocycles. The maximum atomic E-state index is 5.48. The number of aryl methyl sites for hydroxylation is 1. The van der Waals surface area contributed by atoms with Crippen molar-refractivity contribution < 1.29 is 4.74 Å². The van der Waals surface area contributed by atoms with Crippen molar-refractivity contribution in [2.75, 3.05) is 7.05 Å². The Balaban J connectivity index is 2.31. The molecule has 2 nitrogen and oxygen atoms in total. The van der Waals surface area contributed by atoms with Gasteiger partial charge in [0.25, 0.3) is 0 Å². The van der Waals surface area contributed by atoms with Gasteiger partial charge in [-0.1, -0.05) is 24.3 Å². The minimum atomic E-state index is 0.0567. The molecule has 2 rings (SSSR count). The Bertz CT molecular complexity index is 333. The van der Waals surface area contributed by atoms with E-state index in [0.29, 0.717) is 0 Å². The molecule has 0 spiro atoms. The van der Waals surface area contributed by atoms with Gasteiger partial charge in [-0.25, -0.2) is 0 Å². The second-order valence-corrected chi connectivity index (χ2v) is 3.30. The van der Waals surface area contributed by atoms with Crippen molar-refractivity contribution in [2.45, 2.75) is 13.2 Å². The van der Waals surface area contributed by atoms with Gasteiger partial charge in [0.1, 0.15) is 6.26 Å². The van der Waals surface area contributed by atoms with Crippen LogP contribution in [-0.4, -0.2) is 11.9 Å². The van der Waals surface area contributed by atoms with Crippen LogP contribution in [-0.2, 0) is 4.74 Å². The highest BCUT2D eigenvalue weighted by Gasteiger charge is 2.20. The van der Waals surface area contributed by atoms with Crippen molar-refractivity contribution in [1.82, 2.24) is 4.90 Å². The molecule has 1 heterocycles. The van der Waals surface area contributed by atoms with E-state index in [2.05, 4.69) is 24.0 Å². The third kappa shape index (κ3) is 1.39. The Morgan fingerprint density at radius 2 is 2.08 bits per heavy atom. The Labute approximate surface area is 78.4 Å². The summed E-state index contributed by atoms with van der Waals surface area (Å²) in [5, 5.41) is 0. The van der Waals surface area contributed by atoms with Gasteiger partial charge in [-0.2, -0.15) is 0 Å². The number of rotatable bonds is 1. The molecule has 0 N–H and O–H groups in total. The molecule has 2 heteroatoms. The molecular formula is C11H13NO. The van der Waals surface area contributed by atoms with Crippen molar-refractivity contribution in [3.8, 4) is 0 Å². The van der Waals surface area contributed by atoms with Crippen molar-refractivity contribution in [1.29, 1.82) is 0 Å². The zero-order valence-electron chi connectivity index (χ0n) is 7.90. The summed E-state index contributed by atoms with van der Waals surface area (Å²) in [6.07, 6.45) is 3.73. The van der Waals surface area contributed by atoms with Gasteiger partial charge >= 0.3 is 0 Å². The van der Waals surface area contributed by atoms with E-state index in [1.165, 1.54) is 11.1 Å². The van der Waals surface area contributed by atoms with Crippen molar-refractivity contribution in [2.24, 2.45) is 0 Å². The number of hydrogen-bond donors (Lipinski definition) is 0. The van der Waals surface area contributed by atoms with Crippen LogP contribution in [0.2, 0.25) is 0 Å². The number of nitrogens with zero attached hydrogens (tertiary/aromatic N) is 1. The fourth-order valence-corrected chi connectivity index (χ4v) is 1.54. The van der Waals surface area contributed by atoms with Crippen LogP contribution in [0.25, 0.3) is 0 Å². The molecule has 0 amide bonds. The highest BCUT2D eigenvalue weighted by atomic mass is 16.5. The van der Waals surface area contributed by atoms with Gasteiger partial charge in [-0.05, 0) is 12.5 Å².